The molecule has 1 aliphatic heterocycles. The number of nitro groups is 1. The lowest BCUT2D eigenvalue weighted by Crippen LogP contribution is -2.35. The van der Waals surface area contributed by atoms with E-state index < -0.39 is 10.8 Å². The number of aryl methyl sites for hydroxylation is 1. The number of hydrogen-bond acceptors (Lipinski definition) is 4. The van der Waals surface area contributed by atoms with Crippen molar-refractivity contribution in [2.24, 2.45) is 0 Å². The maximum Gasteiger partial charge on any atom is 0.270 e. The van der Waals surface area contributed by atoms with E-state index in [0.717, 1.165) is 24.1 Å². The number of nitro benzene ring substituents is 1. The summed E-state index contributed by atoms with van der Waals surface area (Å²) in [6, 6.07) is 20.2. The van der Waals surface area contributed by atoms with Gasteiger partial charge in [0.25, 0.3) is 17.5 Å². The smallest absolute Gasteiger partial charge is 0.270 e. The van der Waals surface area contributed by atoms with Crippen LogP contribution in [-0.4, -0.2) is 23.3 Å². The first-order chi connectivity index (χ1) is 14.5. The van der Waals surface area contributed by atoms with Gasteiger partial charge in [-0.25, -0.2) is 0 Å². The van der Waals surface area contributed by atoms with Crippen molar-refractivity contribution in [1.82, 2.24) is 0 Å². The molecule has 150 valence electrons. The summed E-state index contributed by atoms with van der Waals surface area (Å²) >= 11 is 0. The highest BCUT2D eigenvalue weighted by Gasteiger charge is 2.24. The zero-order chi connectivity index (χ0) is 21.1. The summed E-state index contributed by atoms with van der Waals surface area (Å²) in [4.78, 5) is 37.6. The zero-order valence-electron chi connectivity index (χ0n) is 16.1. The van der Waals surface area contributed by atoms with Crippen LogP contribution in [0.3, 0.4) is 0 Å². The fourth-order valence-electron chi connectivity index (χ4n) is 3.59. The van der Waals surface area contributed by atoms with Crippen molar-refractivity contribution in [1.29, 1.82) is 0 Å². The first kappa shape index (κ1) is 19.3. The monoisotopic (exact) mass is 401 g/mol. The molecule has 0 fully saturated rings. The number of nitrogens with zero attached hydrogens (tertiary/aromatic N) is 2. The summed E-state index contributed by atoms with van der Waals surface area (Å²) in [5.74, 6) is -0.475. The van der Waals surface area contributed by atoms with Crippen LogP contribution in [-0.2, 0) is 6.42 Å². The van der Waals surface area contributed by atoms with Crippen molar-refractivity contribution in [3.63, 3.8) is 0 Å². The van der Waals surface area contributed by atoms with Gasteiger partial charge in [0, 0.05) is 41.2 Å². The molecule has 3 aromatic carbocycles. The Hall–Kier alpha value is -4.00. The highest BCUT2D eigenvalue weighted by molar-refractivity contribution is 6.07. The van der Waals surface area contributed by atoms with Crippen molar-refractivity contribution in [2.45, 2.75) is 12.8 Å². The number of non-ortho nitro benzene ring substituents is 1. The number of nitrogens with one attached hydrogen (secondary N) is 1. The van der Waals surface area contributed by atoms with Gasteiger partial charge in [0.05, 0.1) is 4.92 Å². The molecule has 0 aromatic heterocycles. The highest BCUT2D eigenvalue weighted by atomic mass is 16.6. The normalized spacial score (nSPS) is 12.7. The molecule has 0 bridgehead atoms. The van der Waals surface area contributed by atoms with Gasteiger partial charge >= 0.3 is 0 Å². The molecule has 0 saturated carbocycles. The second kappa shape index (κ2) is 8.16. The minimum atomic E-state index is -0.534. The van der Waals surface area contributed by atoms with Gasteiger partial charge in [-0.3, -0.25) is 19.7 Å². The van der Waals surface area contributed by atoms with E-state index in [-0.39, 0.29) is 17.2 Å². The number of carbonyl (C=O) groups excluding carboxylic acids is 2. The van der Waals surface area contributed by atoms with Crippen molar-refractivity contribution < 1.29 is 14.5 Å². The molecular weight excluding hydrogens is 382 g/mol. The Kier molecular flexibility index (Phi) is 5.26. The van der Waals surface area contributed by atoms with E-state index >= 15 is 0 Å². The third kappa shape index (κ3) is 3.91. The molecule has 30 heavy (non-hydrogen) atoms. The fraction of sp³-hybridized carbons (Fsp3) is 0.130. The largest absolute Gasteiger partial charge is 0.322 e. The molecule has 0 spiro atoms. The van der Waals surface area contributed by atoms with Crippen LogP contribution in [0.2, 0.25) is 0 Å². The molecule has 0 radical (unpaired) electrons. The molecule has 0 aliphatic carbocycles. The molecule has 0 atom stereocenters. The summed E-state index contributed by atoms with van der Waals surface area (Å²) in [5, 5.41) is 13.7. The fourth-order valence-corrected chi connectivity index (χ4v) is 3.59. The number of amides is 2. The summed E-state index contributed by atoms with van der Waals surface area (Å²) in [6.07, 6.45) is 1.63. The van der Waals surface area contributed by atoms with Crippen LogP contribution in [0.4, 0.5) is 17.1 Å². The number of rotatable bonds is 4. The van der Waals surface area contributed by atoms with Crippen molar-refractivity contribution in [3.05, 3.63) is 99.6 Å². The number of carbonyl (C=O) groups is 2. The molecule has 1 aliphatic rings. The Labute approximate surface area is 173 Å². The molecule has 3 aromatic rings. The van der Waals surface area contributed by atoms with Gasteiger partial charge in [-0.2, -0.15) is 0 Å². The maximum absolute atomic E-state index is 12.9. The second-order valence-corrected chi connectivity index (χ2v) is 7.03. The maximum atomic E-state index is 12.9. The third-order valence-corrected chi connectivity index (χ3v) is 5.04. The lowest BCUT2D eigenvalue weighted by atomic mass is 10.00. The first-order valence-corrected chi connectivity index (χ1v) is 9.58. The first-order valence-electron chi connectivity index (χ1n) is 9.58. The molecule has 0 unspecified atom stereocenters. The Morgan fingerprint density at radius 2 is 1.70 bits per heavy atom. The molecule has 1 heterocycles. The molecule has 2 amide bonds. The van der Waals surface area contributed by atoms with Crippen LogP contribution < -0.4 is 10.2 Å². The minimum Gasteiger partial charge on any atom is -0.322 e. The van der Waals surface area contributed by atoms with Gasteiger partial charge in [0.2, 0.25) is 0 Å². The lowest BCUT2D eigenvalue weighted by Gasteiger charge is -2.30. The Bertz CT molecular complexity index is 1130. The second-order valence-electron chi connectivity index (χ2n) is 7.03. The molecular formula is C23H19N3O4. The quantitative estimate of drug-likeness (QED) is 0.517. The SMILES string of the molecule is O=C(Nc1ccc2c(c1)CCCN2C(=O)c1ccccc1)c1cccc([N+](=O)[O-])c1. The van der Waals surface area contributed by atoms with E-state index in [4.69, 9.17) is 0 Å². The van der Waals surface area contributed by atoms with Gasteiger partial charge in [-0.15, -0.1) is 0 Å². The molecule has 4 rings (SSSR count). The van der Waals surface area contributed by atoms with E-state index in [0.29, 0.717) is 17.8 Å². The summed E-state index contributed by atoms with van der Waals surface area (Å²) in [5.41, 5.74) is 3.10. The average molecular weight is 401 g/mol. The molecule has 1 N–H and O–H groups in total. The number of fused-ring (bicyclic) bond motifs is 1. The van der Waals surface area contributed by atoms with E-state index in [2.05, 4.69) is 5.32 Å². The third-order valence-electron chi connectivity index (χ3n) is 5.04. The molecule has 0 saturated heterocycles. The number of anilines is 2. The standard InChI is InChI=1S/C23H19N3O4/c27-22(18-8-4-10-20(15-18)26(29)30)24-19-11-12-21-17(14-19)9-5-13-25(21)23(28)16-6-2-1-3-7-16/h1-4,6-8,10-12,14-15H,5,9,13H2,(H,24,27). The summed E-state index contributed by atoms with van der Waals surface area (Å²) in [7, 11) is 0. The summed E-state index contributed by atoms with van der Waals surface area (Å²) < 4.78 is 0. The van der Waals surface area contributed by atoms with Crippen LogP contribution in [0.15, 0.2) is 72.8 Å². The predicted octanol–water partition coefficient (Wildman–Crippen LogP) is 4.44. The Morgan fingerprint density at radius 3 is 2.47 bits per heavy atom. The van der Waals surface area contributed by atoms with E-state index in [1.54, 1.807) is 23.1 Å². The van der Waals surface area contributed by atoms with Crippen LogP contribution in [0.1, 0.15) is 32.7 Å². The van der Waals surface area contributed by atoms with Gasteiger partial charge < -0.3 is 10.2 Å². The van der Waals surface area contributed by atoms with E-state index in [1.807, 2.05) is 30.3 Å². The van der Waals surface area contributed by atoms with Crippen molar-refractivity contribution in [3.8, 4) is 0 Å². The lowest BCUT2D eigenvalue weighted by molar-refractivity contribution is -0.384. The summed E-state index contributed by atoms with van der Waals surface area (Å²) in [6.45, 7) is 0.639. The van der Waals surface area contributed by atoms with Gasteiger partial charge in [0.1, 0.15) is 0 Å². The number of benzene rings is 3. The average Bonchev–Trinajstić information content (AvgIpc) is 2.78. The van der Waals surface area contributed by atoms with E-state index in [9.17, 15) is 19.7 Å². The van der Waals surface area contributed by atoms with Gasteiger partial charge in [-0.1, -0.05) is 24.3 Å². The topological polar surface area (TPSA) is 92.6 Å². The molecule has 7 nitrogen and oxygen atoms in total. The highest BCUT2D eigenvalue weighted by Crippen LogP contribution is 2.31. The van der Waals surface area contributed by atoms with Crippen LogP contribution in [0.25, 0.3) is 0 Å². The van der Waals surface area contributed by atoms with Crippen LogP contribution in [0.5, 0.6) is 0 Å². The minimum absolute atomic E-state index is 0.0510. The Morgan fingerprint density at radius 1 is 0.933 bits per heavy atom. The van der Waals surface area contributed by atoms with E-state index in [1.165, 1.54) is 24.3 Å². The Balaban J connectivity index is 1.55. The van der Waals surface area contributed by atoms with Gasteiger partial charge in [-0.05, 0) is 54.8 Å². The van der Waals surface area contributed by atoms with Crippen LogP contribution in [0, 0.1) is 10.1 Å². The van der Waals surface area contributed by atoms with Crippen molar-refractivity contribution >= 4 is 28.9 Å². The van der Waals surface area contributed by atoms with Gasteiger partial charge in [0.15, 0.2) is 0 Å². The zero-order valence-corrected chi connectivity index (χ0v) is 16.1. The van der Waals surface area contributed by atoms with Crippen LogP contribution >= 0.6 is 0 Å². The molecule has 7 heteroatoms. The van der Waals surface area contributed by atoms with Crippen molar-refractivity contribution in [2.75, 3.05) is 16.8 Å². The predicted molar refractivity (Wildman–Crippen MR) is 114 cm³/mol. The number of hydrogen-bond donors (Lipinski definition) is 1.